The van der Waals surface area contributed by atoms with Crippen molar-refractivity contribution < 1.29 is 19.5 Å². The van der Waals surface area contributed by atoms with Crippen LogP contribution in [0, 0.1) is 11.8 Å². The van der Waals surface area contributed by atoms with Crippen LogP contribution in [-0.2, 0) is 19.5 Å². The van der Waals surface area contributed by atoms with E-state index in [0.717, 1.165) is 5.92 Å². The average Bonchev–Trinajstić information content (AvgIpc) is 1.65. The van der Waals surface area contributed by atoms with Gasteiger partial charge in [-0.3, -0.25) is 0 Å². The fourth-order valence-corrected chi connectivity index (χ4v) is 0.841. The van der Waals surface area contributed by atoms with Gasteiger partial charge in [-0.05, 0) is 0 Å². The minimum Gasteiger partial charge on any atom is -0.319 e. The average molecular weight is 214 g/mol. The van der Waals surface area contributed by atoms with Gasteiger partial charge in [-0.2, -0.15) is 20.3 Å². The van der Waals surface area contributed by atoms with E-state index in [1.165, 1.54) is 12.8 Å². The molecular weight excluding hydrogens is 197 g/mol. The van der Waals surface area contributed by atoms with Crippen LogP contribution in [0.15, 0.2) is 0 Å². The Morgan fingerprint density at radius 3 is 1.89 bits per heavy atom. The monoisotopic (exact) mass is 215 g/mol. The molecule has 0 rings (SSSR count). The number of hydrogen-bond donors (Lipinski definition) is 0. The first kappa shape index (κ1) is 12.3. The van der Waals surface area contributed by atoms with Gasteiger partial charge in [0.2, 0.25) is 0 Å². The molecule has 0 bridgehead atoms. The molecule has 0 aliphatic heterocycles. The van der Waals surface area contributed by atoms with Crippen LogP contribution in [0.3, 0.4) is 0 Å². The number of hydrogen-bond acceptors (Lipinski definition) is 0. The van der Waals surface area contributed by atoms with Crippen LogP contribution >= 0.6 is 0 Å². The molecule has 9 heavy (non-hydrogen) atoms. The molecule has 0 fully saturated rings. The Balaban J connectivity index is 0. The molecule has 0 spiro atoms. The van der Waals surface area contributed by atoms with E-state index in [1.807, 2.05) is 0 Å². The van der Waals surface area contributed by atoms with E-state index < -0.39 is 0 Å². The first-order chi connectivity index (χ1) is 3.66. The Hall–Kier alpha value is 0.623. The summed E-state index contributed by atoms with van der Waals surface area (Å²) in [5.41, 5.74) is 0. The Morgan fingerprint density at radius 1 is 1.33 bits per heavy atom. The zero-order valence-electron chi connectivity index (χ0n) is 6.85. The van der Waals surface area contributed by atoms with Gasteiger partial charge in [-0.1, -0.05) is 26.2 Å². The minimum absolute atomic E-state index is 0. The molecule has 0 N–H and O–H groups in total. The van der Waals surface area contributed by atoms with Crippen LogP contribution in [0.5, 0.6) is 0 Å². The molecule has 0 aromatic carbocycles. The molecule has 0 nitrogen and oxygen atoms in total. The van der Waals surface area contributed by atoms with Gasteiger partial charge in [0.1, 0.15) is 0 Å². The molecule has 0 aromatic rings. The van der Waals surface area contributed by atoms with Crippen molar-refractivity contribution in [1.82, 2.24) is 0 Å². The Morgan fingerprint density at radius 2 is 1.78 bits per heavy atom. The summed E-state index contributed by atoms with van der Waals surface area (Å²) >= 11 is 0. The van der Waals surface area contributed by atoms with E-state index in [-0.39, 0.29) is 19.5 Å². The SMILES string of the molecule is CCC(C)C[C-](C)C.[Ru+]. The normalized spacial score (nSPS) is 13.0. The third-order valence-corrected chi connectivity index (χ3v) is 1.45. The van der Waals surface area contributed by atoms with Crippen LogP contribution in [0.25, 0.3) is 0 Å². The topological polar surface area (TPSA) is 0 Å². The van der Waals surface area contributed by atoms with Crippen LogP contribution in [0.2, 0.25) is 0 Å². The Bertz CT molecular complexity index is 50.5. The third-order valence-electron chi connectivity index (χ3n) is 1.45. The second-order valence-corrected chi connectivity index (χ2v) is 2.92. The van der Waals surface area contributed by atoms with Crippen molar-refractivity contribution >= 4 is 0 Å². The zero-order valence-corrected chi connectivity index (χ0v) is 8.58. The Labute approximate surface area is 72.2 Å². The van der Waals surface area contributed by atoms with E-state index in [9.17, 15) is 0 Å². The summed E-state index contributed by atoms with van der Waals surface area (Å²) in [6, 6.07) is 0. The molecule has 1 unspecified atom stereocenters. The number of rotatable bonds is 3. The summed E-state index contributed by atoms with van der Waals surface area (Å²) in [5, 5.41) is 0. The fourth-order valence-electron chi connectivity index (χ4n) is 0.841. The van der Waals surface area contributed by atoms with Gasteiger partial charge >= 0.3 is 19.5 Å². The summed E-state index contributed by atoms with van der Waals surface area (Å²) in [4.78, 5) is 0. The molecule has 1 radical (unpaired) electrons. The molecule has 0 aliphatic carbocycles. The van der Waals surface area contributed by atoms with E-state index in [2.05, 4.69) is 27.7 Å². The van der Waals surface area contributed by atoms with Crippen molar-refractivity contribution in [3.63, 3.8) is 0 Å². The molecule has 57 valence electrons. The smallest absolute Gasteiger partial charge is 0.319 e. The van der Waals surface area contributed by atoms with Crippen molar-refractivity contribution in [2.45, 2.75) is 40.5 Å². The molecule has 0 saturated heterocycles. The standard InChI is InChI=1S/C8H17.Ru/c1-5-8(4)6-7(2)3;/h8H,5-6H2,1-4H3;/q-1;+1. The van der Waals surface area contributed by atoms with Gasteiger partial charge in [0.05, 0.1) is 0 Å². The third kappa shape index (κ3) is 8.62. The van der Waals surface area contributed by atoms with Crippen molar-refractivity contribution in [1.29, 1.82) is 0 Å². The maximum atomic E-state index is 2.30. The molecular formula is C8H17Ru. The van der Waals surface area contributed by atoms with Gasteiger partial charge < -0.3 is 5.92 Å². The van der Waals surface area contributed by atoms with Crippen molar-refractivity contribution in [3.05, 3.63) is 5.92 Å². The van der Waals surface area contributed by atoms with E-state index in [1.54, 1.807) is 5.92 Å². The van der Waals surface area contributed by atoms with E-state index in [4.69, 9.17) is 0 Å². The van der Waals surface area contributed by atoms with Gasteiger partial charge in [-0.25, -0.2) is 0 Å². The van der Waals surface area contributed by atoms with E-state index in [0.29, 0.717) is 0 Å². The maximum absolute atomic E-state index is 2.30. The predicted molar refractivity (Wildman–Crippen MR) is 38.7 cm³/mol. The summed E-state index contributed by atoms with van der Waals surface area (Å²) in [6.07, 6.45) is 2.61. The van der Waals surface area contributed by atoms with Crippen LogP contribution in [0.1, 0.15) is 40.5 Å². The molecule has 1 heteroatoms. The van der Waals surface area contributed by atoms with Crippen LogP contribution < -0.4 is 0 Å². The summed E-state index contributed by atoms with van der Waals surface area (Å²) in [6.45, 7) is 8.94. The molecule has 0 aromatic heterocycles. The molecule has 0 heterocycles. The molecule has 0 aliphatic rings. The molecule has 1 atom stereocenters. The predicted octanol–water partition coefficient (Wildman–Crippen LogP) is 3.03. The van der Waals surface area contributed by atoms with Gasteiger partial charge in [0, 0.05) is 0 Å². The Kier molecular flexibility index (Phi) is 9.22. The van der Waals surface area contributed by atoms with Crippen molar-refractivity contribution in [2.75, 3.05) is 0 Å². The molecule has 0 amide bonds. The van der Waals surface area contributed by atoms with Crippen LogP contribution in [-0.4, -0.2) is 0 Å². The summed E-state index contributed by atoms with van der Waals surface area (Å²) < 4.78 is 0. The second kappa shape index (κ2) is 6.74. The second-order valence-electron chi connectivity index (χ2n) is 2.92. The van der Waals surface area contributed by atoms with Crippen molar-refractivity contribution in [2.24, 2.45) is 5.92 Å². The van der Waals surface area contributed by atoms with Gasteiger partial charge in [0.15, 0.2) is 0 Å². The quantitative estimate of drug-likeness (QED) is 0.500. The first-order valence-electron chi connectivity index (χ1n) is 3.45. The largest absolute Gasteiger partial charge is 1.00 e. The zero-order chi connectivity index (χ0) is 6.57. The van der Waals surface area contributed by atoms with Crippen LogP contribution in [0.4, 0.5) is 0 Å². The van der Waals surface area contributed by atoms with Gasteiger partial charge in [0.25, 0.3) is 0 Å². The van der Waals surface area contributed by atoms with E-state index >= 15 is 0 Å². The minimum atomic E-state index is 0. The summed E-state index contributed by atoms with van der Waals surface area (Å²) in [5.74, 6) is 2.44. The first-order valence-corrected chi connectivity index (χ1v) is 3.45. The van der Waals surface area contributed by atoms with Crippen molar-refractivity contribution in [3.8, 4) is 0 Å². The van der Waals surface area contributed by atoms with Gasteiger partial charge in [-0.15, -0.1) is 0 Å². The maximum Gasteiger partial charge on any atom is 1.00 e. The molecule has 0 saturated carbocycles. The summed E-state index contributed by atoms with van der Waals surface area (Å²) in [7, 11) is 0. The fraction of sp³-hybridized carbons (Fsp3) is 0.875.